The van der Waals surface area contributed by atoms with Gasteiger partial charge in [-0.05, 0) is 24.6 Å². The fourth-order valence-electron chi connectivity index (χ4n) is 3.60. The summed E-state index contributed by atoms with van der Waals surface area (Å²) in [6.07, 6.45) is -6.13. The van der Waals surface area contributed by atoms with Crippen LogP contribution in [0.5, 0.6) is 0 Å². The monoisotopic (exact) mass is 409 g/mol. The van der Waals surface area contributed by atoms with Crippen LogP contribution in [0.4, 0.5) is 13.2 Å². The van der Waals surface area contributed by atoms with Crippen LogP contribution in [0, 0.1) is 6.92 Å². The lowest BCUT2D eigenvalue weighted by Gasteiger charge is -2.17. The second-order valence-electron chi connectivity index (χ2n) is 6.91. The minimum absolute atomic E-state index is 0.391. The summed E-state index contributed by atoms with van der Waals surface area (Å²) < 4.78 is 45.7. The number of hydrogen-bond donors (Lipinski definition) is 3. The summed E-state index contributed by atoms with van der Waals surface area (Å²) in [5.74, 6) is 0. The summed E-state index contributed by atoms with van der Waals surface area (Å²) in [5.41, 5.74) is 1.29. The van der Waals surface area contributed by atoms with Crippen LogP contribution in [0.3, 0.4) is 0 Å². The lowest BCUT2D eigenvalue weighted by atomic mass is 10.0. The third-order valence-corrected chi connectivity index (χ3v) is 5.11. The number of aliphatic hydroxyl groups is 3. The first kappa shape index (κ1) is 19.8. The Kier molecular flexibility index (Phi) is 4.82. The molecule has 0 aliphatic carbocycles. The Labute approximate surface area is 163 Å². The van der Waals surface area contributed by atoms with Gasteiger partial charge in [-0.25, -0.2) is 9.97 Å². The minimum Gasteiger partial charge on any atom is -0.394 e. The number of aromatic nitrogens is 3. The zero-order chi connectivity index (χ0) is 20.9. The molecule has 3 aromatic rings. The molecule has 0 amide bonds. The summed E-state index contributed by atoms with van der Waals surface area (Å²) in [4.78, 5) is 8.39. The van der Waals surface area contributed by atoms with E-state index < -0.39 is 42.9 Å². The predicted molar refractivity (Wildman–Crippen MR) is 95.7 cm³/mol. The Hall–Kier alpha value is -2.53. The minimum atomic E-state index is -4.44. The molecule has 4 rings (SSSR count). The number of aliphatic hydroxyl groups excluding tert-OH is 3. The van der Waals surface area contributed by atoms with Crippen molar-refractivity contribution in [3.8, 4) is 11.1 Å². The van der Waals surface area contributed by atoms with E-state index in [9.17, 15) is 28.5 Å². The predicted octanol–water partition coefficient (Wildman–Crippen LogP) is 2.04. The molecule has 1 aliphatic rings. The average Bonchev–Trinajstić information content (AvgIpc) is 3.20. The molecule has 10 heteroatoms. The number of benzene rings is 1. The van der Waals surface area contributed by atoms with Crippen LogP contribution in [0.1, 0.15) is 17.5 Å². The van der Waals surface area contributed by atoms with E-state index in [4.69, 9.17) is 4.74 Å². The Balaban J connectivity index is 1.84. The van der Waals surface area contributed by atoms with E-state index in [1.165, 1.54) is 23.0 Å². The normalized spacial score (nSPS) is 25.1. The van der Waals surface area contributed by atoms with E-state index in [0.29, 0.717) is 27.9 Å². The molecule has 1 saturated heterocycles. The molecule has 1 fully saturated rings. The van der Waals surface area contributed by atoms with Crippen LogP contribution in [0.2, 0.25) is 0 Å². The van der Waals surface area contributed by atoms with E-state index in [0.717, 1.165) is 12.1 Å². The van der Waals surface area contributed by atoms with Crippen molar-refractivity contribution in [1.82, 2.24) is 14.5 Å². The van der Waals surface area contributed by atoms with Crippen molar-refractivity contribution in [2.45, 2.75) is 37.6 Å². The molecule has 7 nitrogen and oxygen atoms in total. The number of alkyl halides is 3. The summed E-state index contributed by atoms with van der Waals surface area (Å²) >= 11 is 0. The van der Waals surface area contributed by atoms with Crippen LogP contribution >= 0.6 is 0 Å². The Morgan fingerprint density at radius 1 is 1.10 bits per heavy atom. The van der Waals surface area contributed by atoms with Gasteiger partial charge in [-0.3, -0.25) is 0 Å². The Morgan fingerprint density at radius 3 is 2.38 bits per heavy atom. The van der Waals surface area contributed by atoms with E-state index in [1.807, 2.05) is 0 Å². The first-order valence-corrected chi connectivity index (χ1v) is 8.84. The molecular formula is C19H18F3N3O4. The number of fused-ring (bicyclic) bond motifs is 1. The van der Waals surface area contributed by atoms with Crippen molar-refractivity contribution >= 4 is 11.0 Å². The smallest absolute Gasteiger partial charge is 0.394 e. The zero-order valence-electron chi connectivity index (χ0n) is 15.2. The van der Waals surface area contributed by atoms with Gasteiger partial charge in [0.15, 0.2) is 6.23 Å². The maximum atomic E-state index is 12.9. The standard InChI is InChI=1S/C19H18F3N3O4/c1-9-14-12(10-2-4-11(5-3-10)19(20,21)22)6-25(17(14)24-8-23-9)18-16(28)15(27)13(7-26)29-18/h2-6,8,13,15-16,18,26-28H,7H2,1H3/t13-,15-,16-,18-/m1/s1. The molecule has 29 heavy (non-hydrogen) atoms. The molecule has 0 spiro atoms. The molecule has 3 heterocycles. The average molecular weight is 409 g/mol. The SMILES string of the molecule is Cc1ncnc2c1c(-c1ccc(C(F)(F)F)cc1)cn2[C@@H]1O[C@H](CO)[C@@H](O)[C@H]1O. The van der Waals surface area contributed by atoms with Crippen molar-refractivity contribution in [3.05, 3.63) is 48.0 Å². The fourth-order valence-corrected chi connectivity index (χ4v) is 3.60. The van der Waals surface area contributed by atoms with Crippen molar-refractivity contribution in [1.29, 1.82) is 0 Å². The van der Waals surface area contributed by atoms with Crippen LogP contribution < -0.4 is 0 Å². The molecule has 4 atom stereocenters. The first-order chi connectivity index (χ1) is 13.7. The van der Waals surface area contributed by atoms with Crippen molar-refractivity contribution in [3.63, 3.8) is 0 Å². The van der Waals surface area contributed by atoms with Gasteiger partial charge >= 0.3 is 6.18 Å². The Bertz CT molecular complexity index is 1040. The number of ether oxygens (including phenoxy) is 1. The third-order valence-electron chi connectivity index (χ3n) is 5.11. The highest BCUT2D eigenvalue weighted by molar-refractivity contribution is 5.95. The molecule has 0 bridgehead atoms. The number of halogens is 3. The molecule has 1 aliphatic heterocycles. The van der Waals surface area contributed by atoms with E-state index in [1.54, 1.807) is 13.1 Å². The second kappa shape index (κ2) is 7.06. The number of nitrogens with zero attached hydrogens (tertiary/aromatic N) is 3. The summed E-state index contributed by atoms with van der Waals surface area (Å²) in [6, 6.07) is 4.69. The van der Waals surface area contributed by atoms with Gasteiger partial charge in [-0.1, -0.05) is 12.1 Å². The van der Waals surface area contributed by atoms with Gasteiger partial charge in [0.05, 0.1) is 17.9 Å². The van der Waals surface area contributed by atoms with Crippen LogP contribution in [-0.4, -0.2) is 54.8 Å². The van der Waals surface area contributed by atoms with Gasteiger partial charge in [0.1, 0.15) is 30.3 Å². The Morgan fingerprint density at radius 2 is 1.79 bits per heavy atom. The van der Waals surface area contributed by atoms with E-state index >= 15 is 0 Å². The molecule has 0 saturated carbocycles. The lowest BCUT2D eigenvalue weighted by Crippen LogP contribution is -2.33. The highest BCUT2D eigenvalue weighted by atomic mass is 19.4. The molecular weight excluding hydrogens is 391 g/mol. The highest BCUT2D eigenvalue weighted by Gasteiger charge is 2.44. The molecule has 2 aromatic heterocycles. The van der Waals surface area contributed by atoms with Gasteiger partial charge in [-0.15, -0.1) is 0 Å². The van der Waals surface area contributed by atoms with Gasteiger partial charge in [0.25, 0.3) is 0 Å². The van der Waals surface area contributed by atoms with Crippen LogP contribution in [0.25, 0.3) is 22.2 Å². The molecule has 0 unspecified atom stereocenters. The van der Waals surface area contributed by atoms with Crippen molar-refractivity contribution in [2.24, 2.45) is 0 Å². The quantitative estimate of drug-likeness (QED) is 0.612. The van der Waals surface area contributed by atoms with E-state index in [-0.39, 0.29) is 0 Å². The second-order valence-corrected chi connectivity index (χ2v) is 6.91. The van der Waals surface area contributed by atoms with Gasteiger partial charge < -0.3 is 24.6 Å². The topological polar surface area (TPSA) is 101 Å². The maximum Gasteiger partial charge on any atom is 0.416 e. The maximum absolute atomic E-state index is 12.9. The number of rotatable bonds is 3. The largest absolute Gasteiger partial charge is 0.416 e. The van der Waals surface area contributed by atoms with Crippen LogP contribution in [-0.2, 0) is 10.9 Å². The molecule has 154 valence electrons. The third kappa shape index (κ3) is 3.27. The van der Waals surface area contributed by atoms with Crippen LogP contribution in [0.15, 0.2) is 36.8 Å². The van der Waals surface area contributed by atoms with E-state index in [2.05, 4.69) is 9.97 Å². The van der Waals surface area contributed by atoms with Crippen molar-refractivity contribution in [2.75, 3.05) is 6.61 Å². The summed E-state index contributed by atoms with van der Waals surface area (Å²) in [5, 5.41) is 30.3. The first-order valence-electron chi connectivity index (χ1n) is 8.84. The fraction of sp³-hybridized carbons (Fsp3) is 0.368. The zero-order valence-corrected chi connectivity index (χ0v) is 15.2. The lowest BCUT2D eigenvalue weighted by molar-refractivity contribution is -0.137. The highest BCUT2D eigenvalue weighted by Crippen LogP contribution is 2.38. The number of aryl methyl sites for hydroxylation is 1. The van der Waals surface area contributed by atoms with Crippen molar-refractivity contribution < 1.29 is 33.2 Å². The number of hydrogen-bond acceptors (Lipinski definition) is 6. The van der Waals surface area contributed by atoms with Gasteiger partial charge in [-0.2, -0.15) is 13.2 Å². The molecule has 3 N–H and O–H groups in total. The van der Waals surface area contributed by atoms with Gasteiger partial charge in [0, 0.05) is 17.1 Å². The summed E-state index contributed by atoms with van der Waals surface area (Å²) in [6.45, 7) is 1.26. The molecule has 1 aromatic carbocycles. The van der Waals surface area contributed by atoms with Gasteiger partial charge in [0.2, 0.25) is 0 Å². The molecule has 0 radical (unpaired) electrons. The summed E-state index contributed by atoms with van der Waals surface area (Å²) in [7, 11) is 0.